The lowest BCUT2D eigenvalue weighted by atomic mass is 10.1. The largest absolute Gasteiger partial charge is 0.296 e. The molecule has 0 aliphatic rings. The molecule has 0 aliphatic carbocycles. The van der Waals surface area contributed by atoms with Gasteiger partial charge in [-0.25, -0.2) is 0 Å². The number of hydrogen-bond donors (Lipinski definition) is 0. The van der Waals surface area contributed by atoms with Crippen LogP contribution in [0.2, 0.25) is 5.02 Å². The number of benzene rings is 3. The molecular weight excluding hydrogens is 398 g/mol. The van der Waals surface area contributed by atoms with E-state index in [4.69, 9.17) is 16.7 Å². The summed E-state index contributed by atoms with van der Waals surface area (Å²) in [5, 5.41) is 10.0. The van der Waals surface area contributed by atoms with E-state index < -0.39 is 0 Å². The zero-order valence-electron chi connectivity index (χ0n) is 15.8. The average molecular weight is 414 g/mol. The molecule has 30 heavy (non-hydrogen) atoms. The molecule has 0 atom stereocenters. The Morgan fingerprint density at radius 3 is 2.17 bits per heavy atom. The Labute approximate surface area is 177 Å². The van der Waals surface area contributed by atoms with Crippen LogP contribution in [0.1, 0.15) is 11.3 Å². The Bertz CT molecular complexity index is 1380. The highest BCUT2D eigenvalue weighted by Crippen LogP contribution is 2.20. The summed E-state index contributed by atoms with van der Waals surface area (Å²) in [6.07, 6.45) is 0.358. The quantitative estimate of drug-likeness (QED) is 0.443. The molecule has 0 radical (unpaired) electrons. The zero-order valence-corrected chi connectivity index (χ0v) is 16.6. The molecule has 0 aliphatic heterocycles. The topological polar surface area (TPSA) is 65.1 Å². The molecule has 5 aromatic rings. The maximum atomic E-state index is 12.8. The van der Waals surface area contributed by atoms with Crippen molar-refractivity contribution in [3.63, 3.8) is 0 Å². The first-order valence-electron chi connectivity index (χ1n) is 9.43. The van der Waals surface area contributed by atoms with Crippen molar-refractivity contribution >= 4 is 17.4 Å². The Morgan fingerprint density at radius 2 is 1.47 bits per heavy atom. The molecule has 6 nitrogen and oxygen atoms in total. The van der Waals surface area contributed by atoms with Gasteiger partial charge in [-0.15, -0.1) is 5.10 Å². The molecule has 0 unspecified atom stereocenters. The highest BCUT2D eigenvalue weighted by Gasteiger charge is 2.18. The van der Waals surface area contributed by atoms with Crippen LogP contribution in [0.3, 0.4) is 0 Å². The van der Waals surface area contributed by atoms with Crippen LogP contribution in [0.25, 0.3) is 22.9 Å². The van der Waals surface area contributed by atoms with Crippen molar-refractivity contribution < 1.29 is 0 Å². The van der Waals surface area contributed by atoms with Gasteiger partial charge in [0.1, 0.15) is 5.69 Å². The van der Waals surface area contributed by atoms with Crippen molar-refractivity contribution in [2.75, 3.05) is 0 Å². The minimum Gasteiger partial charge on any atom is -0.265 e. The first-order chi connectivity index (χ1) is 14.7. The molecule has 2 heterocycles. The van der Waals surface area contributed by atoms with Crippen LogP contribution in [-0.2, 0) is 6.42 Å². The van der Waals surface area contributed by atoms with Crippen LogP contribution in [0.15, 0.2) is 89.7 Å². The third-order valence-electron chi connectivity index (χ3n) is 4.76. The summed E-state index contributed by atoms with van der Waals surface area (Å²) in [5.41, 5.74) is 2.59. The molecule has 0 N–H and O–H groups in total. The third kappa shape index (κ3) is 3.38. The van der Waals surface area contributed by atoms with Crippen LogP contribution < -0.4 is 5.56 Å². The van der Waals surface area contributed by atoms with Gasteiger partial charge in [-0.3, -0.25) is 4.79 Å². The van der Waals surface area contributed by atoms with Crippen LogP contribution in [-0.4, -0.2) is 24.4 Å². The molecule has 2 aromatic heterocycles. The smallest absolute Gasteiger partial charge is 0.265 e. The van der Waals surface area contributed by atoms with Gasteiger partial charge in [-0.1, -0.05) is 72.3 Å². The fourth-order valence-corrected chi connectivity index (χ4v) is 3.41. The number of para-hydroxylation sites is 1. The van der Waals surface area contributed by atoms with E-state index in [1.165, 1.54) is 0 Å². The predicted molar refractivity (Wildman–Crippen MR) is 116 cm³/mol. The lowest BCUT2D eigenvalue weighted by Gasteiger charge is -2.04. The second kappa shape index (κ2) is 7.57. The molecule has 0 saturated heterocycles. The average Bonchev–Trinajstić information content (AvgIpc) is 3.15. The van der Waals surface area contributed by atoms with Crippen molar-refractivity contribution in [3.8, 4) is 17.1 Å². The van der Waals surface area contributed by atoms with E-state index >= 15 is 0 Å². The number of rotatable bonds is 4. The molecule has 0 spiro atoms. The summed E-state index contributed by atoms with van der Waals surface area (Å²) >= 11 is 5.97. The van der Waals surface area contributed by atoms with Crippen LogP contribution in [0.5, 0.6) is 0 Å². The maximum absolute atomic E-state index is 12.8. The van der Waals surface area contributed by atoms with Crippen molar-refractivity contribution in [1.29, 1.82) is 0 Å². The van der Waals surface area contributed by atoms with Crippen molar-refractivity contribution in [2.45, 2.75) is 6.42 Å². The van der Waals surface area contributed by atoms with E-state index in [1.54, 1.807) is 21.3 Å². The van der Waals surface area contributed by atoms with Gasteiger partial charge in [0.25, 0.3) is 11.3 Å². The van der Waals surface area contributed by atoms with Gasteiger partial charge < -0.3 is 0 Å². The number of halogens is 1. The number of fused-ring (bicyclic) bond motifs is 1. The van der Waals surface area contributed by atoms with Crippen molar-refractivity contribution in [2.24, 2.45) is 0 Å². The fraction of sp³-hybridized carbons (Fsp3) is 0.0435. The van der Waals surface area contributed by atoms with Gasteiger partial charge in [0.2, 0.25) is 0 Å². The first kappa shape index (κ1) is 18.3. The van der Waals surface area contributed by atoms with Crippen LogP contribution in [0, 0.1) is 0 Å². The van der Waals surface area contributed by atoms with E-state index in [0.29, 0.717) is 28.7 Å². The van der Waals surface area contributed by atoms with Gasteiger partial charge in [0, 0.05) is 17.0 Å². The molecule has 0 fully saturated rings. The molecular formula is C23H16ClN5O. The maximum Gasteiger partial charge on any atom is 0.296 e. The Kier molecular flexibility index (Phi) is 4.61. The Morgan fingerprint density at radius 1 is 0.800 bits per heavy atom. The molecule has 3 aromatic carbocycles. The monoisotopic (exact) mass is 413 g/mol. The summed E-state index contributed by atoms with van der Waals surface area (Å²) in [4.78, 5) is 17.1. The minimum atomic E-state index is -0.373. The summed E-state index contributed by atoms with van der Waals surface area (Å²) < 4.78 is 3.28. The molecule has 7 heteroatoms. The fourth-order valence-electron chi connectivity index (χ4n) is 3.29. The van der Waals surface area contributed by atoms with Gasteiger partial charge in [0.05, 0.1) is 5.69 Å². The molecule has 0 saturated carbocycles. The summed E-state index contributed by atoms with van der Waals surface area (Å²) in [6.45, 7) is 0. The van der Waals surface area contributed by atoms with Gasteiger partial charge in [0.15, 0.2) is 5.82 Å². The zero-order chi connectivity index (χ0) is 20.5. The third-order valence-corrected chi connectivity index (χ3v) is 5.01. The summed E-state index contributed by atoms with van der Waals surface area (Å²) in [5.74, 6) is 0.976. The summed E-state index contributed by atoms with van der Waals surface area (Å²) in [6, 6.07) is 26.6. The van der Waals surface area contributed by atoms with Crippen molar-refractivity contribution in [1.82, 2.24) is 24.4 Å². The van der Waals surface area contributed by atoms with Crippen LogP contribution in [0.4, 0.5) is 0 Å². The highest BCUT2D eigenvalue weighted by molar-refractivity contribution is 6.30. The minimum absolute atomic E-state index is 0.347. The number of nitrogens with zero attached hydrogens (tertiary/aromatic N) is 5. The Balaban J connectivity index is 1.71. The molecule has 146 valence electrons. The van der Waals surface area contributed by atoms with E-state index in [9.17, 15) is 4.79 Å². The normalized spacial score (nSPS) is 11.1. The van der Waals surface area contributed by atoms with Crippen LogP contribution >= 0.6 is 11.6 Å². The second-order valence-electron chi connectivity index (χ2n) is 6.82. The van der Waals surface area contributed by atoms with E-state index in [1.807, 2.05) is 72.8 Å². The second-order valence-corrected chi connectivity index (χ2v) is 7.25. The molecule has 5 rings (SSSR count). The molecule has 0 amide bonds. The predicted octanol–water partition coefficient (Wildman–Crippen LogP) is 4.19. The Hall–Kier alpha value is -3.77. The highest BCUT2D eigenvalue weighted by atomic mass is 35.5. The van der Waals surface area contributed by atoms with Gasteiger partial charge in [-0.2, -0.15) is 19.3 Å². The van der Waals surface area contributed by atoms with E-state index in [2.05, 4.69) is 10.1 Å². The number of aromatic nitrogens is 5. The standard InChI is InChI=1S/C23H16ClN5O/c24-18-13-11-16(12-14-18)15-20-22(30)25-23-28(19-9-5-2-6-10-19)27-21(29(23)26-20)17-7-3-1-4-8-17/h1-14H,15H2. The van der Waals surface area contributed by atoms with Gasteiger partial charge >= 0.3 is 0 Å². The first-order valence-corrected chi connectivity index (χ1v) is 9.81. The number of hydrogen-bond acceptors (Lipinski definition) is 4. The van der Waals surface area contributed by atoms with Crippen molar-refractivity contribution in [3.05, 3.63) is 112 Å². The van der Waals surface area contributed by atoms with Gasteiger partial charge in [-0.05, 0) is 29.8 Å². The lowest BCUT2D eigenvalue weighted by molar-refractivity contribution is 0.818. The summed E-state index contributed by atoms with van der Waals surface area (Å²) in [7, 11) is 0. The van der Waals surface area contributed by atoms with E-state index in [0.717, 1.165) is 16.8 Å². The lowest BCUT2D eigenvalue weighted by Crippen LogP contribution is -2.20. The van der Waals surface area contributed by atoms with E-state index in [-0.39, 0.29) is 5.56 Å². The SMILES string of the molecule is O=c1nc2n(-c3ccccc3)nc(-c3ccccc3)n2nc1Cc1ccc(Cl)cc1. The molecule has 0 bridgehead atoms.